The van der Waals surface area contributed by atoms with Gasteiger partial charge in [0.1, 0.15) is 11.2 Å². The number of rotatable bonds is 6. The lowest BCUT2D eigenvalue weighted by molar-refractivity contribution is -0.123. The lowest BCUT2D eigenvalue weighted by atomic mass is 10.1. The zero-order chi connectivity index (χ0) is 17.9. The van der Waals surface area contributed by atoms with Crippen LogP contribution in [0.4, 0.5) is 0 Å². The highest BCUT2D eigenvalue weighted by Crippen LogP contribution is 2.39. The number of benzene rings is 1. The Labute approximate surface area is 160 Å². The summed E-state index contributed by atoms with van der Waals surface area (Å²) in [7, 11) is 0. The Morgan fingerprint density at radius 1 is 1.23 bits per heavy atom. The van der Waals surface area contributed by atoms with Crippen LogP contribution in [0.2, 0.25) is 5.02 Å². The van der Waals surface area contributed by atoms with Crippen molar-refractivity contribution >= 4 is 39.1 Å². The van der Waals surface area contributed by atoms with Crippen LogP contribution in [0.15, 0.2) is 30.6 Å². The second kappa shape index (κ2) is 7.60. The number of amides is 1. The number of ether oxygens (including phenoxy) is 1. The predicted octanol–water partition coefficient (Wildman–Crippen LogP) is 3.57. The smallest absolute Gasteiger partial charge is 0.258 e. The van der Waals surface area contributed by atoms with Gasteiger partial charge in [-0.2, -0.15) is 0 Å². The molecule has 0 bridgehead atoms. The fourth-order valence-electron chi connectivity index (χ4n) is 3.19. The Morgan fingerprint density at radius 2 is 2.08 bits per heavy atom. The Balaban J connectivity index is 1.33. The van der Waals surface area contributed by atoms with Gasteiger partial charge in [0.05, 0.1) is 5.39 Å². The third-order valence-corrected chi connectivity index (χ3v) is 5.91. The van der Waals surface area contributed by atoms with Crippen molar-refractivity contribution in [3.63, 3.8) is 0 Å². The number of thiophene rings is 1. The predicted molar refractivity (Wildman–Crippen MR) is 103 cm³/mol. The monoisotopic (exact) mass is 387 g/mol. The van der Waals surface area contributed by atoms with E-state index in [1.807, 2.05) is 24.3 Å². The highest BCUT2D eigenvalue weighted by molar-refractivity contribution is 7.18. The average Bonchev–Trinajstić information content (AvgIpc) is 3.22. The van der Waals surface area contributed by atoms with E-state index in [9.17, 15) is 4.79 Å². The zero-order valence-corrected chi connectivity index (χ0v) is 15.7. The molecule has 1 N–H and O–H groups in total. The number of hydrogen-bond acceptors (Lipinski definition) is 5. The summed E-state index contributed by atoms with van der Waals surface area (Å²) in [5, 5.41) is 4.57. The summed E-state index contributed by atoms with van der Waals surface area (Å²) in [6.45, 7) is 0.508. The van der Waals surface area contributed by atoms with Crippen molar-refractivity contribution in [3.8, 4) is 5.88 Å². The molecule has 0 fully saturated rings. The number of nitrogens with one attached hydrogen (secondary N) is 1. The average molecular weight is 388 g/mol. The molecule has 26 heavy (non-hydrogen) atoms. The molecule has 0 aliphatic heterocycles. The van der Waals surface area contributed by atoms with Gasteiger partial charge >= 0.3 is 0 Å². The van der Waals surface area contributed by atoms with E-state index in [-0.39, 0.29) is 12.5 Å². The number of halogens is 1. The van der Waals surface area contributed by atoms with Crippen molar-refractivity contribution in [1.82, 2.24) is 15.3 Å². The SMILES string of the molecule is O=C(COc1ncnc2sc3c(c12)CCC3)NCCc1ccc(Cl)cc1. The summed E-state index contributed by atoms with van der Waals surface area (Å²) in [6.07, 6.45) is 5.55. The van der Waals surface area contributed by atoms with Crippen molar-refractivity contribution in [2.45, 2.75) is 25.7 Å². The maximum Gasteiger partial charge on any atom is 0.258 e. The highest BCUT2D eigenvalue weighted by Gasteiger charge is 2.22. The zero-order valence-electron chi connectivity index (χ0n) is 14.1. The molecule has 0 radical (unpaired) electrons. The van der Waals surface area contributed by atoms with Crippen LogP contribution < -0.4 is 10.1 Å². The van der Waals surface area contributed by atoms with E-state index in [2.05, 4.69) is 15.3 Å². The number of carbonyl (C=O) groups is 1. The topological polar surface area (TPSA) is 64.1 Å². The second-order valence-corrected chi connectivity index (χ2v) is 7.75. The first-order chi connectivity index (χ1) is 12.7. The molecule has 1 aliphatic carbocycles. The maximum absolute atomic E-state index is 12.1. The summed E-state index contributed by atoms with van der Waals surface area (Å²) in [5.41, 5.74) is 2.42. The minimum atomic E-state index is -0.155. The van der Waals surface area contributed by atoms with E-state index in [4.69, 9.17) is 16.3 Å². The van der Waals surface area contributed by atoms with Crippen molar-refractivity contribution in [2.24, 2.45) is 0 Å². The van der Waals surface area contributed by atoms with Crippen LogP contribution in [0, 0.1) is 0 Å². The number of hydrogen-bond donors (Lipinski definition) is 1. The molecule has 7 heteroatoms. The summed E-state index contributed by atoms with van der Waals surface area (Å²) in [4.78, 5) is 23.0. The molecule has 4 rings (SSSR count). The largest absolute Gasteiger partial charge is 0.467 e. The van der Waals surface area contributed by atoms with E-state index in [1.165, 1.54) is 16.8 Å². The first-order valence-electron chi connectivity index (χ1n) is 8.60. The van der Waals surface area contributed by atoms with Gasteiger partial charge in [-0.05, 0) is 48.9 Å². The summed E-state index contributed by atoms with van der Waals surface area (Å²) in [5.74, 6) is 0.361. The number of aryl methyl sites for hydroxylation is 2. The minimum Gasteiger partial charge on any atom is -0.467 e. The standard InChI is InChI=1S/C19H18ClN3O2S/c20-13-6-4-12(5-7-13)8-9-21-16(24)10-25-18-17-14-2-1-3-15(14)26-19(17)23-11-22-18/h4-7,11H,1-3,8-10H2,(H,21,24). The number of aromatic nitrogens is 2. The second-order valence-electron chi connectivity index (χ2n) is 6.23. The van der Waals surface area contributed by atoms with Crippen LogP contribution in [0.5, 0.6) is 5.88 Å². The van der Waals surface area contributed by atoms with Crippen molar-refractivity contribution in [2.75, 3.05) is 13.2 Å². The molecular weight excluding hydrogens is 370 g/mol. The van der Waals surface area contributed by atoms with Gasteiger partial charge < -0.3 is 10.1 Å². The molecule has 2 aromatic heterocycles. The van der Waals surface area contributed by atoms with Gasteiger partial charge in [-0.15, -0.1) is 11.3 Å². The maximum atomic E-state index is 12.1. The molecule has 2 heterocycles. The van der Waals surface area contributed by atoms with E-state index in [0.717, 1.165) is 41.5 Å². The fourth-order valence-corrected chi connectivity index (χ4v) is 4.54. The number of fused-ring (bicyclic) bond motifs is 3. The third kappa shape index (κ3) is 3.66. The summed E-state index contributed by atoms with van der Waals surface area (Å²) < 4.78 is 5.71. The molecule has 1 aromatic carbocycles. The van der Waals surface area contributed by atoms with Gasteiger partial charge in [0.25, 0.3) is 5.91 Å². The van der Waals surface area contributed by atoms with Gasteiger partial charge in [-0.1, -0.05) is 23.7 Å². The molecule has 0 spiro atoms. The quantitative estimate of drug-likeness (QED) is 0.702. The van der Waals surface area contributed by atoms with Gasteiger partial charge in [-0.25, -0.2) is 9.97 Å². The van der Waals surface area contributed by atoms with E-state index < -0.39 is 0 Å². The van der Waals surface area contributed by atoms with Crippen LogP contribution in [-0.4, -0.2) is 29.0 Å². The molecule has 1 aliphatic rings. The van der Waals surface area contributed by atoms with E-state index >= 15 is 0 Å². The molecule has 134 valence electrons. The number of nitrogens with zero attached hydrogens (tertiary/aromatic N) is 2. The molecule has 0 saturated carbocycles. The van der Waals surface area contributed by atoms with Crippen LogP contribution in [0.3, 0.4) is 0 Å². The highest BCUT2D eigenvalue weighted by atomic mass is 35.5. The van der Waals surface area contributed by atoms with Crippen molar-refractivity contribution in [3.05, 3.63) is 51.6 Å². The molecule has 1 amide bonds. The van der Waals surface area contributed by atoms with Crippen molar-refractivity contribution < 1.29 is 9.53 Å². The molecular formula is C19H18ClN3O2S. The minimum absolute atomic E-state index is 0.0443. The Morgan fingerprint density at radius 3 is 2.92 bits per heavy atom. The van der Waals surface area contributed by atoms with Crippen LogP contribution in [0.1, 0.15) is 22.4 Å². The lowest BCUT2D eigenvalue weighted by Crippen LogP contribution is -2.30. The van der Waals surface area contributed by atoms with Gasteiger partial charge in [-0.3, -0.25) is 4.79 Å². The molecule has 0 saturated heterocycles. The summed E-state index contributed by atoms with van der Waals surface area (Å²) in [6, 6.07) is 7.61. The van der Waals surface area contributed by atoms with Gasteiger partial charge in [0, 0.05) is 16.4 Å². The fraction of sp³-hybridized carbons (Fsp3) is 0.316. The number of carbonyl (C=O) groups excluding carboxylic acids is 1. The van der Waals surface area contributed by atoms with E-state index in [1.54, 1.807) is 11.3 Å². The third-order valence-electron chi connectivity index (χ3n) is 4.46. The summed E-state index contributed by atoms with van der Waals surface area (Å²) >= 11 is 7.57. The Hall–Kier alpha value is -2.18. The van der Waals surface area contributed by atoms with Crippen LogP contribution in [-0.2, 0) is 24.1 Å². The molecule has 3 aromatic rings. The normalized spacial score (nSPS) is 13.0. The van der Waals surface area contributed by atoms with E-state index in [0.29, 0.717) is 17.4 Å². The molecule has 5 nitrogen and oxygen atoms in total. The van der Waals surface area contributed by atoms with Crippen LogP contribution in [0.25, 0.3) is 10.2 Å². The Kier molecular flexibility index (Phi) is 5.04. The lowest BCUT2D eigenvalue weighted by Gasteiger charge is -2.08. The van der Waals surface area contributed by atoms with Gasteiger partial charge in [0.2, 0.25) is 5.88 Å². The van der Waals surface area contributed by atoms with Crippen molar-refractivity contribution in [1.29, 1.82) is 0 Å². The van der Waals surface area contributed by atoms with Crippen LogP contribution >= 0.6 is 22.9 Å². The Bertz CT molecular complexity index is 940. The molecule has 0 unspecified atom stereocenters. The first-order valence-corrected chi connectivity index (χ1v) is 9.79. The molecule has 0 atom stereocenters. The first kappa shape index (κ1) is 17.2. The van der Waals surface area contributed by atoms with Gasteiger partial charge in [0.15, 0.2) is 6.61 Å².